The number of hydrogen-bond donors (Lipinski definition) is 2. The molecule has 0 bridgehead atoms. The zero-order valence-corrected chi connectivity index (χ0v) is 9.38. The van der Waals surface area contributed by atoms with E-state index in [9.17, 15) is 13.2 Å². The van der Waals surface area contributed by atoms with Crippen molar-refractivity contribution < 1.29 is 17.7 Å². The van der Waals surface area contributed by atoms with E-state index in [4.69, 9.17) is 17.3 Å². The van der Waals surface area contributed by atoms with Crippen LogP contribution in [0.15, 0.2) is 22.7 Å². The van der Waals surface area contributed by atoms with Crippen molar-refractivity contribution in [2.45, 2.75) is 6.18 Å². The zero-order valence-electron chi connectivity index (χ0n) is 8.62. The van der Waals surface area contributed by atoms with Crippen LogP contribution in [0.5, 0.6) is 0 Å². The summed E-state index contributed by atoms with van der Waals surface area (Å²) in [5.41, 5.74) is 4.37. The van der Waals surface area contributed by atoms with Gasteiger partial charge >= 0.3 is 12.2 Å². The largest absolute Gasteiger partial charge is 0.416 e. The number of aromatic nitrogens is 2. The number of benzene rings is 1. The molecule has 9 heteroatoms. The van der Waals surface area contributed by atoms with Crippen LogP contribution in [0.3, 0.4) is 0 Å². The van der Waals surface area contributed by atoms with Gasteiger partial charge in [-0.25, -0.2) is 0 Å². The maximum absolute atomic E-state index is 12.5. The molecule has 0 radical (unpaired) electrons. The third-order valence-corrected chi connectivity index (χ3v) is 2.14. The number of nitrogens with zero attached hydrogens (tertiary/aromatic N) is 2. The molecule has 2 aromatic rings. The van der Waals surface area contributed by atoms with Crippen LogP contribution in [0.1, 0.15) is 5.56 Å². The number of nitrogens with two attached hydrogens (primary N) is 1. The first-order valence-corrected chi connectivity index (χ1v) is 4.96. The minimum atomic E-state index is -4.49. The zero-order chi connectivity index (χ0) is 13.3. The average molecular weight is 279 g/mol. The Morgan fingerprint density at radius 2 is 2.00 bits per heavy atom. The molecule has 96 valence electrons. The van der Waals surface area contributed by atoms with E-state index < -0.39 is 11.7 Å². The van der Waals surface area contributed by atoms with Gasteiger partial charge in [0.1, 0.15) is 0 Å². The van der Waals surface area contributed by atoms with Gasteiger partial charge in [-0.1, -0.05) is 11.6 Å². The lowest BCUT2D eigenvalue weighted by atomic mass is 10.2. The number of halogens is 4. The van der Waals surface area contributed by atoms with E-state index in [0.29, 0.717) is 0 Å². The molecule has 0 aliphatic rings. The number of nitrogen functional groups attached to an aromatic ring is 1. The molecule has 0 saturated carbocycles. The topological polar surface area (TPSA) is 77.0 Å². The summed E-state index contributed by atoms with van der Waals surface area (Å²) in [6.07, 6.45) is -4.49. The lowest BCUT2D eigenvalue weighted by molar-refractivity contribution is -0.137. The van der Waals surface area contributed by atoms with Gasteiger partial charge in [0.2, 0.25) is 0 Å². The second kappa shape index (κ2) is 4.37. The third kappa shape index (κ3) is 2.83. The van der Waals surface area contributed by atoms with E-state index in [2.05, 4.69) is 20.0 Å². The Kier molecular flexibility index (Phi) is 3.04. The first kappa shape index (κ1) is 12.5. The van der Waals surface area contributed by atoms with Gasteiger partial charge in [0.05, 0.1) is 5.56 Å². The summed E-state index contributed by atoms with van der Waals surface area (Å²) in [6.45, 7) is 0. The van der Waals surface area contributed by atoms with Crippen LogP contribution in [-0.2, 0) is 6.18 Å². The maximum atomic E-state index is 12.5. The van der Waals surface area contributed by atoms with Crippen molar-refractivity contribution >= 4 is 29.3 Å². The molecule has 0 amide bonds. The molecule has 1 aromatic heterocycles. The fraction of sp³-hybridized carbons (Fsp3) is 0.111. The molecule has 1 aromatic carbocycles. The SMILES string of the molecule is Nc1nc(Nc2cc(Cl)cc(C(F)(F)F)c2)no1. The van der Waals surface area contributed by atoms with Gasteiger partial charge in [-0.3, -0.25) is 0 Å². The Labute approximate surface area is 104 Å². The smallest absolute Gasteiger partial charge is 0.351 e. The molecule has 3 N–H and O–H groups in total. The summed E-state index contributed by atoms with van der Waals surface area (Å²) in [7, 11) is 0. The highest BCUT2D eigenvalue weighted by molar-refractivity contribution is 6.31. The normalized spacial score (nSPS) is 11.6. The molecular formula is C9H6ClF3N4O. The van der Waals surface area contributed by atoms with Gasteiger partial charge in [-0.2, -0.15) is 18.2 Å². The Balaban J connectivity index is 2.31. The van der Waals surface area contributed by atoms with Gasteiger partial charge in [-0.05, 0) is 23.4 Å². The van der Waals surface area contributed by atoms with Crippen molar-refractivity contribution in [1.82, 2.24) is 10.1 Å². The average Bonchev–Trinajstić information content (AvgIpc) is 2.61. The summed E-state index contributed by atoms with van der Waals surface area (Å²) in [4.78, 5) is 3.59. The lowest BCUT2D eigenvalue weighted by Gasteiger charge is -2.09. The van der Waals surface area contributed by atoms with E-state index in [0.717, 1.165) is 12.1 Å². The summed E-state index contributed by atoms with van der Waals surface area (Å²) >= 11 is 5.60. The molecule has 2 rings (SSSR count). The number of alkyl halides is 3. The van der Waals surface area contributed by atoms with Crippen molar-refractivity contribution in [2.24, 2.45) is 0 Å². The van der Waals surface area contributed by atoms with Crippen LogP contribution in [0, 0.1) is 0 Å². The first-order chi connectivity index (χ1) is 8.34. The minimum Gasteiger partial charge on any atom is -0.351 e. The number of anilines is 3. The van der Waals surface area contributed by atoms with Crippen molar-refractivity contribution in [3.8, 4) is 0 Å². The Hall–Kier alpha value is -1.96. The Bertz CT molecular complexity index is 569. The van der Waals surface area contributed by atoms with E-state index in [1.807, 2.05) is 0 Å². The molecule has 0 atom stereocenters. The molecule has 0 unspecified atom stereocenters. The fourth-order valence-corrected chi connectivity index (χ4v) is 1.48. The lowest BCUT2D eigenvalue weighted by Crippen LogP contribution is -2.05. The molecule has 18 heavy (non-hydrogen) atoms. The second-order valence-corrected chi connectivity index (χ2v) is 3.74. The predicted molar refractivity (Wildman–Crippen MR) is 58.4 cm³/mol. The van der Waals surface area contributed by atoms with Gasteiger partial charge < -0.3 is 15.6 Å². The minimum absolute atomic E-state index is 0.0529. The molecular weight excluding hydrogens is 273 g/mol. The van der Waals surface area contributed by atoms with E-state index in [-0.39, 0.29) is 22.7 Å². The van der Waals surface area contributed by atoms with Gasteiger partial charge in [0, 0.05) is 10.7 Å². The van der Waals surface area contributed by atoms with Gasteiger partial charge in [0.15, 0.2) is 0 Å². The molecule has 0 saturated heterocycles. The van der Waals surface area contributed by atoms with Crippen molar-refractivity contribution in [3.05, 3.63) is 28.8 Å². The molecule has 0 fully saturated rings. The highest BCUT2D eigenvalue weighted by Crippen LogP contribution is 2.33. The molecule has 1 heterocycles. The quantitative estimate of drug-likeness (QED) is 0.883. The Morgan fingerprint density at radius 1 is 1.28 bits per heavy atom. The van der Waals surface area contributed by atoms with Crippen molar-refractivity contribution in [3.63, 3.8) is 0 Å². The van der Waals surface area contributed by atoms with Crippen LogP contribution in [0.25, 0.3) is 0 Å². The number of rotatable bonds is 2. The second-order valence-electron chi connectivity index (χ2n) is 3.31. The first-order valence-electron chi connectivity index (χ1n) is 4.58. The molecule has 5 nitrogen and oxygen atoms in total. The predicted octanol–water partition coefficient (Wildman–Crippen LogP) is 3.07. The molecule has 0 aliphatic heterocycles. The monoisotopic (exact) mass is 278 g/mol. The van der Waals surface area contributed by atoms with Crippen molar-refractivity contribution in [2.75, 3.05) is 11.1 Å². The van der Waals surface area contributed by atoms with Gasteiger partial charge in [-0.15, -0.1) is 0 Å². The standard InChI is InChI=1S/C9H6ClF3N4O/c10-5-1-4(9(11,12)13)2-6(3-5)15-8-16-7(14)18-17-8/h1-3H,(H3,14,15,16,17). The van der Waals surface area contributed by atoms with Crippen LogP contribution < -0.4 is 11.1 Å². The van der Waals surface area contributed by atoms with Crippen LogP contribution in [0.4, 0.5) is 30.8 Å². The van der Waals surface area contributed by atoms with E-state index >= 15 is 0 Å². The number of hydrogen-bond acceptors (Lipinski definition) is 5. The van der Waals surface area contributed by atoms with Crippen LogP contribution in [0.2, 0.25) is 5.02 Å². The summed E-state index contributed by atoms with van der Waals surface area (Å²) in [5, 5.41) is 5.82. The number of nitrogens with one attached hydrogen (secondary N) is 1. The fourth-order valence-electron chi connectivity index (χ4n) is 1.24. The highest BCUT2D eigenvalue weighted by atomic mass is 35.5. The molecule has 0 aliphatic carbocycles. The van der Waals surface area contributed by atoms with Crippen LogP contribution in [-0.4, -0.2) is 10.1 Å². The van der Waals surface area contributed by atoms with E-state index in [1.54, 1.807) is 0 Å². The maximum Gasteiger partial charge on any atom is 0.416 e. The van der Waals surface area contributed by atoms with Crippen LogP contribution >= 0.6 is 11.6 Å². The summed E-state index contributed by atoms with van der Waals surface area (Å²) < 4.78 is 42.1. The summed E-state index contributed by atoms with van der Waals surface area (Å²) in [5.74, 6) is -0.0529. The van der Waals surface area contributed by atoms with Gasteiger partial charge in [0.25, 0.3) is 5.95 Å². The van der Waals surface area contributed by atoms with Crippen molar-refractivity contribution in [1.29, 1.82) is 0 Å². The Morgan fingerprint density at radius 3 is 2.56 bits per heavy atom. The molecule has 0 spiro atoms. The third-order valence-electron chi connectivity index (χ3n) is 1.92. The highest BCUT2D eigenvalue weighted by Gasteiger charge is 2.31. The van der Waals surface area contributed by atoms with E-state index in [1.165, 1.54) is 6.07 Å². The summed E-state index contributed by atoms with van der Waals surface area (Å²) in [6, 6.07) is 2.79.